The number of rotatable bonds is 7. The molecule has 5 nitrogen and oxygen atoms in total. The van der Waals surface area contributed by atoms with Crippen LogP contribution in [0.15, 0.2) is 75.0 Å². The molecule has 0 spiro atoms. The summed E-state index contributed by atoms with van der Waals surface area (Å²) in [7, 11) is 1.60. The van der Waals surface area contributed by atoms with Crippen molar-refractivity contribution in [3.8, 4) is 11.5 Å². The van der Waals surface area contributed by atoms with Crippen LogP contribution in [0.25, 0.3) is 6.08 Å². The van der Waals surface area contributed by atoms with Crippen molar-refractivity contribution in [1.29, 1.82) is 0 Å². The van der Waals surface area contributed by atoms with E-state index in [1.54, 1.807) is 7.11 Å². The number of amidine groups is 1. The lowest BCUT2D eigenvalue weighted by Crippen LogP contribution is -2.19. The maximum atomic E-state index is 12.5. The van der Waals surface area contributed by atoms with E-state index in [0.29, 0.717) is 28.2 Å². The number of aryl methyl sites for hydroxylation is 2. The van der Waals surface area contributed by atoms with Gasteiger partial charge in [0.25, 0.3) is 5.91 Å². The Morgan fingerprint density at radius 3 is 2.41 bits per heavy atom. The van der Waals surface area contributed by atoms with E-state index in [-0.39, 0.29) is 5.91 Å². The minimum atomic E-state index is -0.181. The summed E-state index contributed by atoms with van der Waals surface area (Å²) in [6.45, 7) is 4.60. The number of halogens is 1. The minimum absolute atomic E-state index is 0.181. The van der Waals surface area contributed by atoms with Crippen molar-refractivity contribution in [2.24, 2.45) is 4.99 Å². The Labute approximate surface area is 212 Å². The molecule has 0 unspecified atom stereocenters. The van der Waals surface area contributed by atoms with E-state index in [0.717, 1.165) is 27.7 Å². The van der Waals surface area contributed by atoms with Crippen molar-refractivity contribution < 1.29 is 14.3 Å². The van der Waals surface area contributed by atoms with E-state index in [1.807, 2.05) is 54.6 Å². The van der Waals surface area contributed by atoms with Crippen molar-refractivity contribution >= 4 is 50.5 Å². The molecule has 0 saturated carbocycles. The van der Waals surface area contributed by atoms with Gasteiger partial charge in [0.1, 0.15) is 6.61 Å². The third-order valence-corrected chi connectivity index (χ3v) is 6.91. The summed E-state index contributed by atoms with van der Waals surface area (Å²) in [5.74, 6) is 1.04. The monoisotopic (exact) mass is 536 g/mol. The van der Waals surface area contributed by atoms with Gasteiger partial charge < -0.3 is 14.8 Å². The third-order valence-electron chi connectivity index (χ3n) is 5.31. The first-order valence-electron chi connectivity index (χ1n) is 10.9. The average Bonchev–Trinajstić information content (AvgIpc) is 3.18. The molecule has 7 heteroatoms. The summed E-state index contributed by atoms with van der Waals surface area (Å²) in [6, 6.07) is 19.9. The molecule has 174 valence electrons. The molecule has 3 aromatic rings. The van der Waals surface area contributed by atoms with Crippen LogP contribution < -0.4 is 14.8 Å². The van der Waals surface area contributed by atoms with E-state index < -0.39 is 0 Å². The number of benzene rings is 3. The first kappa shape index (κ1) is 24.1. The van der Waals surface area contributed by atoms with Crippen LogP contribution >= 0.6 is 27.7 Å². The maximum absolute atomic E-state index is 12.5. The Bertz CT molecular complexity index is 1250. The van der Waals surface area contributed by atoms with Gasteiger partial charge in [0.2, 0.25) is 0 Å². The fraction of sp³-hybridized carbons (Fsp3) is 0.185. The first-order valence-corrected chi connectivity index (χ1v) is 12.5. The van der Waals surface area contributed by atoms with Gasteiger partial charge in [-0.3, -0.25) is 4.79 Å². The maximum Gasteiger partial charge on any atom is 0.264 e. The Morgan fingerprint density at radius 1 is 1.03 bits per heavy atom. The van der Waals surface area contributed by atoms with Crippen LogP contribution in [0.4, 0.5) is 5.69 Å². The second kappa shape index (κ2) is 10.9. The van der Waals surface area contributed by atoms with Gasteiger partial charge in [0.05, 0.1) is 17.7 Å². The van der Waals surface area contributed by atoms with Gasteiger partial charge in [0, 0.05) is 4.47 Å². The highest BCUT2D eigenvalue weighted by Gasteiger charge is 2.24. The molecule has 1 aliphatic rings. The summed E-state index contributed by atoms with van der Waals surface area (Å²) in [4.78, 5) is 17.7. The number of thioether (sulfide) groups is 1. The molecular weight excluding hydrogens is 512 g/mol. The number of hydrogen-bond acceptors (Lipinski definition) is 5. The van der Waals surface area contributed by atoms with Crippen LogP contribution in [0.5, 0.6) is 11.5 Å². The normalized spacial score (nSPS) is 15.6. The van der Waals surface area contributed by atoms with Crippen LogP contribution in [-0.4, -0.2) is 18.2 Å². The van der Waals surface area contributed by atoms with Crippen molar-refractivity contribution in [1.82, 2.24) is 5.32 Å². The summed E-state index contributed by atoms with van der Waals surface area (Å²) >= 11 is 4.92. The smallest absolute Gasteiger partial charge is 0.264 e. The summed E-state index contributed by atoms with van der Waals surface area (Å²) in [5, 5.41) is 3.39. The van der Waals surface area contributed by atoms with E-state index >= 15 is 0 Å². The second-order valence-corrected chi connectivity index (χ2v) is 9.69. The van der Waals surface area contributed by atoms with Crippen molar-refractivity contribution in [2.45, 2.75) is 26.9 Å². The molecule has 0 aliphatic carbocycles. The van der Waals surface area contributed by atoms with Gasteiger partial charge in [0.15, 0.2) is 16.7 Å². The van der Waals surface area contributed by atoms with Crippen LogP contribution in [0, 0.1) is 6.92 Å². The van der Waals surface area contributed by atoms with Gasteiger partial charge >= 0.3 is 0 Å². The predicted molar refractivity (Wildman–Crippen MR) is 143 cm³/mol. The highest BCUT2D eigenvalue weighted by molar-refractivity contribution is 9.10. The van der Waals surface area contributed by atoms with Crippen molar-refractivity contribution in [3.63, 3.8) is 0 Å². The molecule has 34 heavy (non-hydrogen) atoms. The zero-order valence-electron chi connectivity index (χ0n) is 19.2. The SMILES string of the molecule is CCc1ccc(N=C2NC(=O)/C(=C/c3cc(OC)c(OCc4ccc(C)cc4)cc3Br)S2)cc1. The first-order chi connectivity index (χ1) is 16.4. The second-order valence-electron chi connectivity index (χ2n) is 7.80. The summed E-state index contributed by atoms with van der Waals surface area (Å²) in [5.41, 5.74) is 5.14. The molecule has 0 radical (unpaired) electrons. The number of nitrogens with zero attached hydrogens (tertiary/aromatic N) is 1. The fourth-order valence-corrected chi connectivity index (χ4v) is 4.59. The number of amides is 1. The zero-order chi connectivity index (χ0) is 24.1. The number of carbonyl (C=O) groups excluding carboxylic acids is 1. The number of nitrogens with one attached hydrogen (secondary N) is 1. The molecule has 4 rings (SSSR count). The van der Waals surface area contributed by atoms with E-state index in [1.165, 1.54) is 22.9 Å². The van der Waals surface area contributed by atoms with Gasteiger partial charge in [-0.15, -0.1) is 0 Å². The molecule has 0 bridgehead atoms. The summed E-state index contributed by atoms with van der Waals surface area (Å²) < 4.78 is 12.4. The molecule has 0 aromatic heterocycles. The standard InChI is InChI=1S/C27H25BrN2O3S/c1-4-18-9-11-21(12-10-18)29-27-30-26(31)25(34-27)14-20-13-23(32-3)24(15-22(20)28)33-16-19-7-5-17(2)6-8-19/h5-15H,4,16H2,1-3H3,(H,29,30,31)/b25-14-. The van der Waals surface area contributed by atoms with Crippen LogP contribution in [-0.2, 0) is 17.8 Å². The topological polar surface area (TPSA) is 59.9 Å². The third kappa shape index (κ3) is 5.90. The lowest BCUT2D eigenvalue weighted by atomic mass is 10.1. The molecule has 1 saturated heterocycles. The molecule has 1 N–H and O–H groups in total. The van der Waals surface area contributed by atoms with E-state index in [4.69, 9.17) is 9.47 Å². The molecule has 3 aromatic carbocycles. The molecule has 1 heterocycles. The van der Waals surface area contributed by atoms with Crippen LogP contribution in [0.1, 0.15) is 29.2 Å². The van der Waals surface area contributed by atoms with Gasteiger partial charge in [-0.2, -0.15) is 0 Å². The Kier molecular flexibility index (Phi) is 7.75. The highest BCUT2D eigenvalue weighted by atomic mass is 79.9. The predicted octanol–water partition coefficient (Wildman–Crippen LogP) is 6.80. The van der Waals surface area contributed by atoms with Gasteiger partial charge in [-0.25, -0.2) is 4.99 Å². The molecule has 0 atom stereocenters. The zero-order valence-corrected chi connectivity index (χ0v) is 21.6. The van der Waals surface area contributed by atoms with E-state index in [2.05, 4.69) is 52.2 Å². The molecular formula is C27H25BrN2O3S. The van der Waals surface area contributed by atoms with E-state index in [9.17, 15) is 4.79 Å². The van der Waals surface area contributed by atoms with Crippen molar-refractivity contribution in [3.05, 3.63) is 92.3 Å². The minimum Gasteiger partial charge on any atom is -0.493 e. The van der Waals surface area contributed by atoms with Crippen LogP contribution in [0.2, 0.25) is 0 Å². The quantitative estimate of drug-likeness (QED) is 0.337. The fourth-order valence-electron chi connectivity index (χ4n) is 3.32. The number of hydrogen-bond donors (Lipinski definition) is 1. The average molecular weight is 537 g/mol. The largest absolute Gasteiger partial charge is 0.493 e. The summed E-state index contributed by atoms with van der Waals surface area (Å²) in [6.07, 6.45) is 2.79. The molecule has 1 fully saturated rings. The molecule has 1 aliphatic heterocycles. The van der Waals surface area contributed by atoms with Gasteiger partial charge in [-0.1, -0.05) is 64.8 Å². The van der Waals surface area contributed by atoms with Crippen molar-refractivity contribution in [2.75, 3.05) is 7.11 Å². The lowest BCUT2D eigenvalue weighted by molar-refractivity contribution is -0.115. The molecule has 1 amide bonds. The number of methoxy groups -OCH3 is 1. The number of carbonyl (C=O) groups is 1. The number of aliphatic imine (C=N–C) groups is 1. The Balaban J connectivity index is 1.51. The lowest BCUT2D eigenvalue weighted by Gasteiger charge is -2.13. The highest BCUT2D eigenvalue weighted by Crippen LogP contribution is 2.37. The Hall–Kier alpha value is -3.03. The van der Waals surface area contributed by atoms with Crippen LogP contribution in [0.3, 0.4) is 0 Å². The van der Waals surface area contributed by atoms with Gasteiger partial charge in [-0.05, 0) is 72.1 Å². The number of ether oxygens (including phenoxy) is 2. The Morgan fingerprint density at radius 2 is 1.74 bits per heavy atom.